The molecular weight excluding hydrogens is 467 g/mol. The molecule has 0 bridgehead atoms. The Morgan fingerprint density at radius 1 is 1.08 bits per heavy atom. The molecule has 37 heavy (non-hydrogen) atoms. The maximum Gasteiger partial charge on any atom is 0.263 e. The first-order chi connectivity index (χ1) is 18.0. The summed E-state index contributed by atoms with van der Waals surface area (Å²) in [5.74, 6) is 1.04. The van der Waals surface area contributed by atoms with Crippen LogP contribution in [0, 0.1) is 5.82 Å². The molecule has 0 spiro atoms. The van der Waals surface area contributed by atoms with Crippen LogP contribution in [-0.4, -0.2) is 35.4 Å². The molecule has 2 atom stereocenters. The number of rotatable bonds is 8. The van der Waals surface area contributed by atoms with Gasteiger partial charge in [-0.15, -0.1) is 0 Å². The van der Waals surface area contributed by atoms with Gasteiger partial charge in [0.25, 0.3) is 5.91 Å². The lowest BCUT2D eigenvalue weighted by Gasteiger charge is -2.38. The van der Waals surface area contributed by atoms with E-state index in [-0.39, 0.29) is 17.8 Å². The minimum absolute atomic E-state index is 0.0549. The van der Waals surface area contributed by atoms with E-state index in [1.807, 2.05) is 48.5 Å². The van der Waals surface area contributed by atoms with Crippen LogP contribution in [0.1, 0.15) is 41.0 Å². The Labute approximate surface area is 217 Å². The molecule has 5 rings (SSSR count). The third kappa shape index (κ3) is 5.59. The van der Waals surface area contributed by atoms with Crippen LogP contribution in [0.15, 0.2) is 95.6 Å². The van der Waals surface area contributed by atoms with Crippen LogP contribution in [0.25, 0.3) is 0 Å². The molecule has 6 heteroatoms. The number of amides is 1. The fourth-order valence-corrected chi connectivity index (χ4v) is 5.04. The van der Waals surface area contributed by atoms with E-state index >= 15 is 0 Å². The van der Waals surface area contributed by atoms with Crippen molar-refractivity contribution in [3.8, 4) is 5.75 Å². The summed E-state index contributed by atoms with van der Waals surface area (Å²) in [7, 11) is 1.74. The van der Waals surface area contributed by atoms with E-state index in [2.05, 4.69) is 23.1 Å². The Kier molecular flexibility index (Phi) is 7.37. The monoisotopic (exact) mass is 498 g/mol. The zero-order valence-corrected chi connectivity index (χ0v) is 21.1. The van der Waals surface area contributed by atoms with Gasteiger partial charge >= 0.3 is 0 Å². The fraction of sp³-hybridized carbons (Fsp3) is 0.258. The Hall–Kier alpha value is -3.90. The molecule has 0 radical (unpaired) electrons. The molecule has 3 aromatic carbocycles. The van der Waals surface area contributed by atoms with E-state index in [1.165, 1.54) is 11.6 Å². The number of halogens is 1. The molecule has 1 aliphatic heterocycles. The molecule has 0 saturated carbocycles. The van der Waals surface area contributed by atoms with E-state index in [1.54, 1.807) is 37.3 Å². The SMILES string of the molecule is C[C@@H](Oc1ccc2c(c1)[C@H](c1ccccc1)N(Cc1ccccc1F)CC2)C(=O)N(C)Cc1ccco1. The Balaban J connectivity index is 1.40. The van der Waals surface area contributed by atoms with Crippen molar-refractivity contribution in [2.24, 2.45) is 0 Å². The number of carbonyl (C=O) groups is 1. The van der Waals surface area contributed by atoms with Crippen molar-refractivity contribution < 1.29 is 18.3 Å². The lowest BCUT2D eigenvalue weighted by atomic mass is 9.87. The van der Waals surface area contributed by atoms with Crippen LogP contribution >= 0.6 is 0 Å². The maximum atomic E-state index is 14.5. The summed E-state index contributed by atoms with van der Waals surface area (Å²) in [5, 5.41) is 0. The number of hydrogen-bond donors (Lipinski definition) is 0. The van der Waals surface area contributed by atoms with Gasteiger partial charge in [-0.25, -0.2) is 4.39 Å². The lowest BCUT2D eigenvalue weighted by Crippen LogP contribution is -2.38. The highest BCUT2D eigenvalue weighted by Gasteiger charge is 2.30. The predicted octanol–water partition coefficient (Wildman–Crippen LogP) is 5.99. The second-order valence-electron chi connectivity index (χ2n) is 9.52. The second-order valence-corrected chi connectivity index (χ2v) is 9.52. The minimum Gasteiger partial charge on any atom is -0.481 e. The number of carbonyl (C=O) groups excluding carboxylic acids is 1. The summed E-state index contributed by atoms with van der Waals surface area (Å²) in [5.41, 5.74) is 4.17. The van der Waals surface area contributed by atoms with Gasteiger partial charge in [0.05, 0.1) is 18.8 Å². The van der Waals surface area contributed by atoms with Crippen LogP contribution in [-0.2, 0) is 24.3 Å². The molecule has 190 valence electrons. The van der Waals surface area contributed by atoms with Gasteiger partial charge in [-0.1, -0.05) is 54.6 Å². The average Bonchev–Trinajstić information content (AvgIpc) is 3.43. The van der Waals surface area contributed by atoms with Gasteiger partial charge in [0.1, 0.15) is 17.3 Å². The molecule has 1 aliphatic rings. The maximum absolute atomic E-state index is 14.5. The molecule has 0 N–H and O–H groups in total. The molecule has 0 saturated heterocycles. The number of fused-ring (bicyclic) bond motifs is 1. The molecule has 1 aromatic heterocycles. The second kappa shape index (κ2) is 11.0. The molecule has 0 unspecified atom stereocenters. The van der Waals surface area contributed by atoms with Crippen LogP contribution in [0.5, 0.6) is 5.75 Å². The average molecular weight is 499 g/mol. The largest absolute Gasteiger partial charge is 0.481 e. The standard InChI is InChI=1S/C31H31FN2O3/c1-22(31(35)33(2)21-27-12-8-18-36-27)37-26-15-14-23-16-17-34(20-25-11-6-7-13-29(25)32)30(28(23)19-26)24-9-4-3-5-10-24/h3-15,18-19,22,30H,16-17,20-21H2,1-2H3/t22-,30+/m1/s1. The third-order valence-electron chi connectivity index (χ3n) is 6.90. The molecular formula is C31H31FN2O3. The van der Waals surface area contributed by atoms with Crippen molar-refractivity contribution >= 4 is 5.91 Å². The predicted molar refractivity (Wildman–Crippen MR) is 141 cm³/mol. The first-order valence-electron chi connectivity index (χ1n) is 12.6. The number of hydrogen-bond acceptors (Lipinski definition) is 4. The van der Waals surface area contributed by atoms with Gasteiger partial charge in [-0.2, -0.15) is 0 Å². The molecule has 5 nitrogen and oxygen atoms in total. The fourth-order valence-electron chi connectivity index (χ4n) is 5.04. The van der Waals surface area contributed by atoms with Crippen LogP contribution in [0.4, 0.5) is 4.39 Å². The molecule has 1 amide bonds. The van der Waals surface area contributed by atoms with Gasteiger partial charge < -0.3 is 14.1 Å². The van der Waals surface area contributed by atoms with Gasteiger partial charge in [-0.3, -0.25) is 9.69 Å². The number of likely N-dealkylation sites (N-methyl/N-ethyl adjacent to an activating group) is 1. The Bertz CT molecular complexity index is 1340. The first-order valence-corrected chi connectivity index (χ1v) is 12.6. The summed E-state index contributed by atoms with van der Waals surface area (Å²) >= 11 is 0. The van der Waals surface area contributed by atoms with Crippen LogP contribution < -0.4 is 4.74 Å². The Morgan fingerprint density at radius 3 is 2.62 bits per heavy atom. The van der Waals surface area contributed by atoms with Gasteiger partial charge in [0.2, 0.25) is 0 Å². The van der Waals surface area contributed by atoms with Crippen molar-refractivity contribution in [1.29, 1.82) is 0 Å². The zero-order valence-electron chi connectivity index (χ0n) is 21.1. The number of ether oxygens (including phenoxy) is 1. The third-order valence-corrected chi connectivity index (χ3v) is 6.90. The van der Waals surface area contributed by atoms with Gasteiger partial charge in [0.15, 0.2) is 6.10 Å². The summed E-state index contributed by atoms with van der Waals surface area (Å²) in [6, 6.07) is 26.9. The highest BCUT2D eigenvalue weighted by Crippen LogP contribution is 2.38. The van der Waals surface area contributed by atoms with Crippen molar-refractivity contribution in [3.05, 3.63) is 125 Å². The molecule has 0 aliphatic carbocycles. The lowest BCUT2D eigenvalue weighted by molar-refractivity contribution is -0.137. The van der Waals surface area contributed by atoms with Crippen molar-refractivity contribution in [2.75, 3.05) is 13.6 Å². The molecule has 4 aromatic rings. The Morgan fingerprint density at radius 2 is 1.86 bits per heavy atom. The normalized spacial score (nSPS) is 16.1. The number of nitrogens with zero attached hydrogens (tertiary/aromatic N) is 2. The van der Waals surface area contributed by atoms with Crippen molar-refractivity contribution in [1.82, 2.24) is 9.80 Å². The molecule has 0 fully saturated rings. The quantitative estimate of drug-likeness (QED) is 0.299. The first kappa shape index (κ1) is 24.8. The number of benzene rings is 3. The van der Waals surface area contributed by atoms with Crippen LogP contribution in [0.2, 0.25) is 0 Å². The van der Waals surface area contributed by atoms with E-state index in [0.29, 0.717) is 24.4 Å². The summed E-state index contributed by atoms with van der Waals surface area (Å²) in [6.45, 7) is 3.46. The van der Waals surface area contributed by atoms with Gasteiger partial charge in [0, 0.05) is 25.7 Å². The summed E-state index contributed by atoms with van der Waals surface area (Å²) < 4.78 is 26.1. The molecule has 2 heterocycles. The van der Waals surface area contributed by atoms with E-state index in [0.717, 1.165) is 29.9 Å². The highest BCUT2D eigenvalue weighted by atomic mass is 19.1. The van der Waals surface area contributed by atoms with E-state index in [9.17, 15) is 9.18 Å². The van der Waals surface area contributed by atoms with Crippen LogP contribution in [0.3, 0.4) is 0 Å². The van der Waals surface area contributed by atoms with E-state index in [4.69, 9.17) is 9.15 Å². The van der Waals surface area contributed by atoms with Crippen molar-refractivity contribution in [2.45, 2.75) is 38.6 Å². The highest BCUT2D eigenvalue weighted by molar-refractivity contribution is 5.80. The topological polar surface area (TPSA) is 45.9 Å². The number of furan rings is 1. The smallest absolute Gasteiger partial charge is 0.263 e. The van der Waals surface area contributed by atoms with Crippen molar-refractivity contribution in [3.63, 3.8) is 0 Å². The zero-order chi connectivity index (χ0) is 25.8. The summed E-state index contributed by atoms with van der Waals surface area (Å²) in [4.78, 5) is 16.9. The van der Waals surface area contributed by atoms with E-state index < -0.39 is 6.10 Å². The summed E-state index contributed by atoms with van der Waals surface area (Å²) in [6.07, 6.45) is 1.79. The minimum atomic E-state index is -0.661. The van der Waals surface area contributed by atoms with Gasteiger partial charge in [-0.05, 0) is 60.4 Å².